The fraction of sp³-hybridized carbons (Fsp3) is 0.267. The molecule has 11 heteroatoms. The molecule has 0 spiro atoms. The van der Waals surface area contributed by atoms with Gasteiger partial charge in [0.05, 0.1) is 18.3 Å². The maximum atomic E-state index is 6.39. The lowest BCUT2D eigenvalue weighted by atomic mass is 9.90. The molecule has 3 aromatic carbocycles. The summed E-state index contributed by atoms with van der Waals surface area (Å²) in [7, 11) is 1.64. The van der Waals surface area contributed by atoms with Gasteiger partial charge in [-0.05, 0) is 61.1 Å². The average molecular weight is 572 g/mol. The highest BCUT2D eigenvalue weighted by Crippen LogP contribution is 2.36. The van der Waals surface area contributed by atoms with Gasteiger partial charge in [-0.25, -0.2) is 5.43 Å². The number of fused-ring (bicyclic) bond motifs is 1. The Bertz CT molecular complexity index is 1510. The number of halogens is 1. The van der Waals surface area contributed by atoms with Gasteiger partial charge in [0, 0.05) is 30.4 Å². The second-order valence-corrected chi connectivity index (χ2v) is 10.3. The zero-order valence-corrected chi connectivity index (χ0v) is 23.3. The number of nitrogens with zero attached hydrogens (tertiary/aromatic N) is 5. The van der Waals surface area contributed by atoms with Gasteiger partial charge in [0.1, 0.15) is 5.75 Å². The minimum absolute atomic E-state index is 0.172. The SMILES string of the molecule is COc1ccc(Nc2nc(N/N=C/c3cc4c(cc3Cl)OCO4)nc(N3CCC(Cc4ccccc4)CC3)n2)cc1. The number of ether oxygens (including phenoxy) is 3. The van der Waals surface area contributed by atoms with Crippen LogP contribution in [0.4, 0.5) is 23.5 Å². The van der Waals surface area contributed by atoms with Crippen LogP contribution in [0.1, 0.15) is 24.0 Å². The van der Waals surface area contributed by atoms with Gasteiger partial charge in [0.25, 0.3) is 0 Å². The average Bonchev–Trinajstić information content (AvgIpc) is 3.45. The molecule has 2 aliphatic rings. The molecule has 3 heterocycles. The van der Waals surface area contributed by atoms with Gasteiger partial charge in [0.2, 0.25) is 24.6 Å². The first-order valence-electron chi connectivity index (χ1n) is 13.5. The summed E-state index contributed by atoms with van der Waals surface area (Å²) in [5.74, 6) is 3.94. The number of hydrogen-bond donors (Lipinski definition) is 2. The number of methoxy groups -OCH3 is 1. The Balaban J connectivity index is 1.19. The molecule has 2 N–H and O–H groups in total. The minimum Gasteiger partial charge on any atom is -0.497 e. The van der Waals surface area contributed by atoms with E-state index in [-0.39, 0.29) is 6.79 Å². The van der Waals surface area contributed by atoms with Crippen LogP contribution in [0.2, 0.25) is 5.02 Å². The maximum Gasteiger partial charge on any atom is 0.250 e. The molecule has 0 aliphatic carbocycles. The molecule has 0 amide bonds. The largest absolute Gasteiger partial charge is 0.497 e. The van der Waals surface area contributed by atoms with Gasteiger partial charge >= 0.3 is 0 Å². The molecule has 41 heavy (non-hydrogen) atoms. The molecule has 0 radical (unpaired) electrons. The van der Waals surface area contributed by atoms with Gasteiger partial charge in [0.15, 0.2) is 11.5 Å². The Hall–Kier alpha value is -4.57. The Kier molecular flexibility index (Phi) is 7.99. The zero-order chi connectivity index (χ0) is 28.0. The van der Waals surface area contributed by atoms with Crippen molar-refractivity contribution < 1.29 is 14.2 Å². The van der Waals surface area contributed by atoms with Crippen molar-refractivity contribution in [3.05, 3.63) is 82.9 Å². The van der Waals surface area contributed by atoms with Crippen LogP contribution in [0, 0.1) is 5.92 Å². The molecule has 6 rings (SSSR count). The Labute approximate surface area is 243 Å². The first kappa shape index (κ1) is 26.6. The van der Waals surface area contributed by atoms with Crippen molar-refractivity contribution in [2.75, 3.05) is 42.6 Å². The number of aromatic nitrogens is 3. The topological polar surface area (TPSA) is 106 Å². The Morgan fingerprint density at radius 2 is 1.71 bits per heavy atom. The number of hydrogen-bond acceptors (Lipinski definition) is 10. The van der Waals surface area contributed by atoms with Gasteiger partial charge in [-0.3, -0.25) is 0 Å². The molecule has 0 saturated carbocycles. The van der Waals surface area contributed by atoms with E-state index in [2.05, 4.69) is 61.0 Å². The standard InChI is InChI=1S/C30H30ClN7O3/c1-39-24-9-7-23(8-10-24)33-28-34-29(37-32-18-22-16-26-27(17-25(22)31)41-19-40-26)36-30(35-28)38-13-11-21(12-14-38)15-20-5-3-2-4-6-20/h2-10,16-18,21H,11-15,19H2,1H3,(H2,33,34,35,36,37)/b32-18+. The highest BCUT2D eigenvalue weighted by atomic mass is 35.5. The number of rotatable bonds is 9. The Morgan fingerprint density at radius 1 is 0.976 bits per heavy atom. The van der Waals surface area contributed by atoms with E-state index in [0.29, 0.717) is 45.8 Å². The molecule has 1 saturated heterocycles. The second-order valence-electron chi connectivity index (χ2n) is 9.85. The summed E-state index contributed by atoms with van der Waals surface area (Å²) >= 11 is 6.39. The lowest BCUT2D eigenvalue weighted by molar-refractivity contribution is 0.174. The van der Waals surface area contributed by atoms with Crippen LogP contribution in [0.5, 0.6) is 17.2 Å². The summed E-state index contributed by atoms with van der Waals surface area (Å²) in [6, 6.07) is 21.7. The van der Waals surface area contributed by atoms with Crippen LogP contribution in [0.3, 0.4) is 0 Å². The quantitative estimate of drug-likeness (QED) is 0.187. The van der Waals surface area contributed by atoms with E-state index in [1.807, 2.05) is 24.3 Å². The first-order valence-corrected chi connectivity index (χ1v) is 13.8. The second kappa shape index (κ2) is 12.3. The lowest BCUT2D eigenvalue weighted by Gasteiger charge is -2.32. The molecule has 0 unspecified atom stereocenters. The van der Waals surface area contributed by atoms with E-state index in [4.69, 9.17) is 30.8 Å². The van der Waals surface area contributed by atoms with Crippen molar-refractivity contribution in [2.45, 2.75) is 19.3 Å². The highest BCUT2D eigenvalue weighted by Gasteiger charge is 2.23. The fourth-order valence-electron chi connectivity index (χ4n) is 4.89. The summed E-state index contributed by atoms with van der Waals surface area (Å²) in [5.41, 5.74) is 5.82. The van der Waals surface area contributed by atoms with Gasteiger partial charge in [-0.15, -0.1) is 0 Å². The summed E-state index contributed by atoms with van der Waals surface area (Å²) < 4.78 is 16.1. The fourth-order valence-corrected chi connectivity index (χ4v) is 5.09. The smallest absolute Gasteiger partial charge is 0.250 e. The summed E-state index contributed by atoms with van der Waals surface area (Å²) in [6.45, 7) is 1.89. The predicted molar refractivity (Wildman–Crippen MR) is 160 cm³/mol. The van der Waals surface area contributed by atoms with Crippen LogP contribution in [-0.2, 0) is 6.42 Å². The normalized spacial score (nSPS) is 14.8. The van der Waals surface area contributed by atoms with Crippen molar-refractivity contribution in [1.82, 2.24) is 15.0 Å². The van der Waals surface area contributed by atoms with Crippen molar-refractivity contribution in [2.24, 2.45) is 11.0 Å². The van der Waals surface area contributed by atoms with E-state index in [0.717, 1.165) is 43.8 Å². The number of hydrazone groups is 1. The van der Waals surface area contributed by atoms with Crippen LogP contribution in [0.15, 0.2) is 71.8 Å². The highest BCUT2D eigenvalue weighted by molar-refractivity contribution is 6.33. The van der Waals surface area contributed by atoms with Crippen molar-refractivity contribution >= 4 is 41.3 Å². The van der Waals surface area contributed by atoms with E-state index in [1.54, 1.807) is 25.5 Å². The molecule has 10 nitrogen and oxygen atoms in total. The van der Waals surface area contributed by atoms with E-state index in [9.17, 15) is 0 Å². The van der Waals surface area contributed by atoms with Crippen LogP contribution >= 0.6 is 11.6 Å². The van der Waals surface area contributed by atoms with Crippen LogP contribution in [0.25, 0.3) is 0 Å². The summed E-state index contributed by atoms with van der Waals surface area (Å²) in [6.07, 6.45) is 4.80. The molecule has 0 bridgehead atoms. The molecule has 2 aliphatic heterocycles. The minimum atomic E-state index is 0.172. The van der Waals surface area contributed by atoms with Crippen molar-refractivity contribution in [3.63, 3.8) is 0 Å². The molecule has 1 fully saturated rings. The maximum absolute atomic E-state index is 6.39. The summed E-state index contributed by atoms with van der Waals surface area (Å²) in [4.78, 5) is 16.2. The Morgan fingerprint density at radius 3 is 2.46 bits per heavy atom. The van der Waals surface area contributed by atoms with Crippen LogP contribution in [-0.4, -0.2) is 48.2 Å². The molecule has 210 valence electrons. The van der Waals surface area contributed by atoms with Gasteiger partial charge in [-0.1, -0.05) is 41.9 Å². The lowest BCUT2D eigenvalue weighted by Crippen LogP contribution is -2.35. The number of benzene rings is 3. The van der Waals surface area contributed by atoms with Crippen molar-refractivity contribution in [3.8, 4) is 17.2 Å². The number of piperidine rings is 1. The third-order valence-corrected chi connectivity index (χ3v) is 7.42. The van der Waals surface area contributed by atoms with E-state index >= 15 is 0 Å². The third-order valence-electron chi connectivity index (χ3n) is 7.09. The van der Waals surface area contributed by atoms with E-state index < -0.39 is 0 Å². The molecule has 0 atom stereocenters. The van der Waals surface area contributed by atoms with Gasteiger partial charge < -0.3 is 24.4 Å². The third kappa shape index (κ3) is 6.60. The summed E-state index contributed by atoms with van der Waals surface area (Å²) in [5, 5.41) is 8.11. The zero-order valence-electron chi connectivity index (χ0n) is 22.6. The van der Waals surface area contributed by atoms with Crippen molar-refractivity contribution in [1.29, 1.82) is 0 Å². The predicted octanol–water partition coefficient (Wildman–Crippen LogP) is 5.91. The first-order chi connectivity index (χ1) is 20.1. The number of anilines is 4. The molecule has 4 aromatic rings. The van der Waals surface area contributed by atoms with E-state index in [1.165, 1.54) is 5.56 Å². The molecular weight excluding hydrogens is 542 g/mol. The monoisotopic (exact) mass is 571 g/mol. The van der Waals surface area contributed by atoms with Gasteiger partial charge in [-0.2, -0.15) is 20.1 Å². The number of nitrogens with one attached hydrogen (secondary N) is 2. The van der Waals surface area contributed by atoms with Crippen LogP contribution < -0.4 is 29.9 Å². The molecule has 1 aromatic heterocycles. The molecular formula is C30H30ClN7O3.